The summed E-state index contributed by atoms with van der Waals surface area (Å²) in [5, 5.41) is 0. The number of unbranched alkanes of at least 4 members (excludes halogenated alkanes) is 2. The Morgan fingerprint density at radius 2 is 2.20 bits per heavy atom. The van der Waals surface area contributed by atoms with E-state index >= 15 is 0 Å². The summed E-state index contributed by atoms with van der Waals surface area (Å²) in [6.07, 6.45) is 2.82. The van der Waals surface area contributed by atoms with Crippen molar-refractivity contribution in [3.63, 3.8) is 0 Å². The molecular formula is C5H14NO3P. The molecule has 0 aromatic carbocycles. The monoisotopic (exact) mass is 167 g/mol. The predicted octanol–water partition coefficient (Wildman–Crippen LogP) is 1.25. The summed E-state index contributed by atoms with van der Waals surface area (Å²) in [6.45, 7) is 2.02. The van der Waals surface area contributed by atoms with Crippen LogP contribution in [-0.2, 0) is 9.19 Å². The predicted molar refractivity (Wildman–Crippen MR) is 39.5 cm³/mol. The van der Waals surface area contributed by atoms with Crippen molar-refractivity contribution in [1.82, 2.24) is 0 Å². The molecule has 0 aliphatic rings. The zero-order valence-electron chi connectivity index (χ0n) is 6.12. The molecule has 1 unspecified atom stereocenters. The zero-order chi connectivity index (χ0) is 8.04. The van der Waals surface area contributed by atoms with Crippen LogP contribution in [0.1, 0.15) is 26.2 Å². The Kier molecular flexibility index (Phi) is 4.91. The van der Waals surface area contributed by atoms with Gasteiger partial charge in [0.1, 0.15) is 0 Å². The van der Waals surface area contributed by atoms with Gasteiger partial charge in [0.05, 0.1) is 6.16 Å². The largest absolute Gasteiger partial charge is 0.344 e. The van der Waals surface area contributed by atoms with Crippen molar-refractivity contribution in [1.29, 1.82) is 0 Å². The maximum Gasteiger partial charge on any atom is 0.344 e. The van der Waals surface area contributed by atoms with E-state index in [0.29, 0.717) is 6.42 Å². The third kappa shape index (κ3) is 4.94. The van der Waals surface area contributed by atoms with E-state index in [4.69, 9.17) is 4.89 Å². The lowest BCUT2D eigenvalue weighted by molar-refractivity contribution is 0.267. The second-order valence-electron chi connectivity index (χ2n) is 2.17. The molecule has 0 heterocycles. The van der Waals surface area contributed by atoms with Crippen LogP contribution >= 0.6 is 7.60 Å². The standard InChI is InChI=1S/C5H14NO3P/c1-2-3-4-5-10(7,8)9-6/h2-6H2,1H3,(H,7,8). The average molecular weight is 167 g/mol. The molecule has 4 nitrogen and oxygen atoms in total. The summed E-state index contributed by atoms with van der Waals surface area (Å²) in [6, 6.07) is 0. The molecule has 0 radical (unpaired) electrons. The highest BCUT2D eigenvalue weighted by molar-refractivity contribution is 7.52. The van der Waals surface area contributed by atoms with Crippen LogP contribution in [0.4, 0.5) is 0 Å². The Bertz CT molecular complexity index is 128. The summed E-state index contributed by atoms with van der Waals surface area (Å²) >= 11 is 0. The highest BCUT2D eigenvalue weighted by Gasteiger charge is 2.15. The van der Waals surface area contributed by atoms with Crippen LogP contribution in [0.15, 0.2) is 0 Å². The van der Waals surface area contributed by atoms with Crippen LogP contribution in [0.3, 0.4) is 0 Å². The molecule has 0 amide bonds. The lowest BCUT2D eigenvalue weighted by Gasteiger charge is -2.05. The molecule has 0 bridgehead atoms. The highest BCUT2D eigenvalue weighted by Crippen LogP contribution is 2.40. The van der Waals surface area contributed by atoms with E-state index in [-0.39, 0.29) is 6.16 Å². The number of rotatable bonds is 5. The first-order chi connectivity index (χ1) is 4.62. The molecule has 0 aliphatic carbocycles. The second-order valence-corrected chi connectivity index (χ2v) is 4.11. The molecule has 62 valence electrons. The van der Waals surface area contributed by atoms with Crippen LogP contribution in [0.5, 0.6) is 0 Å². The lowest BCUT2D eigenvalue weighted by Crippen LogP contribution is -1.99. The van der Waals surface area contributed by atoms with Gasteiger partial charge in [0.25, 0.3) is 0 Å². The molecule has 5 heteroatoms. The third-order valence-electron chi connectivity index (χ3n) is 1.21. The minimum atomic E-state index is -3.43. The van der Waals surface area contributed by atoms with Crippen molar-refractivity contribution < 1.29 is 14.1 Å². The summed E-state index contributed by atoms with van der Waals surface area (Å²) in [5.74, 6) is 4.58. The van der Waals surface area contributed by atoms with Crippen molar-refractivity contribution in [3.05, 3.63) is 0 Å². The van der Waals surface area contributed by atoms with Crippen molar-refractivity contribution >= 4 is 7.60 Å². The van der Waals surface area contributed by atoms with Gasteiger partial charge in [0.2, 0.25) is 0 Å². The van der Waals surface area contributed by atoms with Crippen molar-refractivity contribution in [3.8, 4) is 0 Å². The van der Waals surface area contributed by atoms with Gasteiger partial charge < -0.3 is 4.89 Å². The van der Waals surface area contributed by atoms with Crippen molar-refractivity contribution in [2.45, 2.75) is 26.2 Å². The van der Waals surface area contributed by atoms with E-state index < -0.39 is 7.60 Å². The van der Waals surface area contributed by atoms with E-state index in [1.54, 1.807) is 0 Å². The van der Waals surface area contributed by atoms with E-state index in [9.17, 15) is 4.57 Å². The summed E-state index contributed by atoms with van der Waals surface area (Å²) < 4.78 is 14.6. The van der Waals surface area contributed by atoms with Crippen LogP contribution in [0.25, 0.3) is 0 Å². The van der Waals surface area contributed by atoms with E-state index in [0.717, 1.165) is 12.8 Å². The average Bonchev–Trinajstić information content (AvgIpc) is 1.89. The van der Waals surface area contributed by atoms with Crippen LogP contribution in [0, 0.1) is 0 Å². The van der Waals surface area contributed by atoms with Gasteiger partial charge in [-0.15, -0.1) is 0 Å². The fourth-order valence-electron chi connectivity index (χ4n) is 0.614. The normalized spacial score (nSPS) is 16.7. The van der Waals surface area contributed by atoms with Crippen molar-refractivity contribution in [2.75, 3.05) is 6.16 Å². The van der Waals surface area contributed by atoms with Gasteiger partial charge in [-0.3, -0.25) is 4.57 Å². The summed E-state index contributed by atoms with van der Waals surface area (Å²) in [4.78, 5) is 8.76. The maximum absolute atomic E-state index is 10.7. The fourth-order valence-corrected chi connectivity index (χ4v) is 1.34. The van der Waals surface area contributed by atoms with Gasteiger partial charge in [-0.05, 0) is 6.42 Å². The quantitative estimate of drug-likeness (QED) is 0.367. The van der Waals surface area contributed by atoms with E-state index in [2.05, 4.69) is 10.5 Å². The Hall–Kier alpha value is 0.110. The first-order valence-electron chi connectivity index (χ1n) is 3.32. The summed E-state index contributed by atoms with van der Waals surface area (Å²) in [5.41, 5.74) is 0. The van der Waals surface area contributed by atoms with Crippen molar-refractivity contribution in [2.24, 2.45) is 5.90 Å². The molecule has 0 aliphatic heterocycles. The molecule has 1 atom stereocenters. The van der Waals surface area contributed by atoms with E-state index in [1.807, 2.05) is 6.92 Å². The Labute approximate surface area is 60.9 Å². The number of hydrogen-bond donors (Lipinski definition) is 2. The van der Waals surface area contributed by atoms with Gasteiger partial charge in [-0.25, -0.2) is 10.5 Å². The molecule has 3 N–H and O–H groups in total. The molecule has 0 fully saturated rings. The molecule has 0 aromatic rings. The number of nitrogens with two attached hydrogens (primary N) is 1. The van der Waals surface area contributed by atoms with E-state index in [1.165, 1.54) is 0 Å². The van der Waals surface area contributed by atoms with Gasteiger partial charge in [0, 0.05) is 0 Å². The molecule has 0 saturated heterocycles. The second kappa shape index (κ2) is 4.85. The molecule has 0 aromatic heterocycles. The fraction of sp³-hybridized carbons (Fsp3) is 1.00. The van der Waals surface area contributed by atoms with Crippen LogP contribution < -0.4 is 5.90 Å². The SMILES string of the molecule is CCCCCP(=O)(O)ON. The van der Waals surface area contributed by atoms with Gasteiger partial charge in [0.15, 0.2) is 0 Å². The minimum absolute atomic E-state index is 0.164. The van der Waals surface area contributed by atoms with Crippen LogP contribution in [0.2, 0.25) is 0 Å². The maximum atomic E-state index is 10.7. The zero-order valence-corrected chi connectivity index (χ0v) is 7.01. The third-order valence-corrected chi connectivity index (χ3v) is 2.42. The molecule has 0 rings (SSSR count). The van der Waals surface area contributed by atoms with Gasteiger partial charge >= 0.3 is 7.60 Å². The number of hydrogen-bond acceptors (Lipinski definition) is 3. The Morgan fingerprint density at radius 1 is 1.60 bits per heavy atom. The molecule has 0 spiro atoms. The van der Waals surface area contributed by atoms with Gasteiger partial charge in [-0.1, -0.05) is 19.8 Å². The highest BCUT2D eigenvalue weighted by atomic mass is 31.2. The van der Waals surface area contributed by atoms with Crippen LogP contribution in [-0.4, -0.2) is 11.1 Å². The Morgan fingerprint density at radius 3 is 2.60 bits per heavy atom. The minimum Gasteiger partial charge on any atom is -0.323 e. The molecule has 0 saturated carbocycles. The Balaban J connectivity index is 3.38. The van der Waals surface area contributed by atoms with Gasteiger partial charge in [-0.2, -0.15) is 0 Å². The smallest absolute Gasteiger partial charge is 0.323 e. The molecule has 10 heavy (non-hydrogen) atoms. The first kappa shape index (κ1) is 10.1. The summed E-state index contributed by atoms with van der Waals surface area (Å²) in [7, 11) is -3.43. The topological polar surface area (TPSA) is 72.5 Å². The lowest BCUT2D eigenvalue weighted by atomic mass is 10.3. The molecular weight excluding hydrogens is 153 g/mol. The first-order valence-corrected chi connectivity index (χ1v) is 5.09.